The van der Waals surface area contributed by atoms with E-state index < -0.39 is 9.84 Å². The van der Waals surface area contributed by atoms with Gasteiger partial charge in [-0.3, -0.25) is 0 Å². The summed E-state index contributed by atoms with van der Waals surface area (Å²) in [4.78, 5) is 0.568. The number of methoxy groups -OCH3 is 1. The number of ether oxygens (including phenoxy) is 2. The molecule has 102 valence electrons. The Bertz CT molecular complexity index is 611. The Kier molecular flexibility index (Phi) is 3.66. The van der Waals surface area contributed by atoms with Crippen LogP contribution in [0.15, 0.2) is 52.5 Å². The molecule has 1 unspecified atom stereocenters. The molecule has 19 heavy (non-hydrogen) atoms. The van der Waals surface area contributed by atoms with Crippen molar-refractivity contribution in [2.24, 2.45) is 0 Å². The minimum atomic E-state index is -3.50. The largest absolute Gasteiger partial charge is 0.497 e. The molecule has 1 aliphatic heterocycles. The van der Waals surface area contributed by atoms with Gasteiger partial charge in [-0.1, -0.05) is 12.7 Å². The Balaban J connectivity index is 2.37. The summed E-state index contributed by atoms with van der Waals surface area (Å²) in [6, 6.07) is 6.33. The number of sulfone groups is 1. The monoisotopic (exact) mass is 280 g/mol. The van der Waals surface area contributed by atoms with Crippen LogP contribution in [0.4, 0.5) is 0 Å². The standard InChI is InChI=1S/C14H16O4S/c1-4-11-9-14(10(2)18-11)19(15,16)13-7-5-12(17-3)6-8-13/h4-8,11H,1,9H2,2-3H3. The van der Waals surface area contributed by atoms with E-state index in [-0.39, 0.29) is 11.0 Å². The van der Waals surface area contributed by atoms with Crippen molar-refractivity contribution in [3.63, 3.8) is 0 Å². The Labute approximate surface area is 113 Å². The van der Waals surface area contributed by atoms with Gasteiger partial charge in [0.1, 0.15) is 17.6 Å². The zero-order valence-corrected chi connectivity index (χ0v) is 11.7. The minimum absolute atomic E-state index is 0.246. The van der Waals surface area contributed by atoms with E-state index in [0.29, 0.717) is 22.8 Å². The molecule has 0 fully saturated rings. The maximum atomic E-state index is 12.5. The first-order chi connectivity index (χ1) is 8.98. The Morgan fingerprint density at radius 1 is 1.37 bits per heavy atom. The molecule has 0 N–H and O–H groups in total. The van der Waals surface area contributed by atoms with Crippen LogP contribution >= 0.6 is 0 Å². The third-order valence-electron chi connectivity index (χ3n) is 3.06. The predicted octanol–water partition coefficient (Wildman–Crippen LogP) is 2.68. The Morgan fingerprint density at radius 2 is 2.00 bits per heavy atom. The molecular weight excluding hydrogens is 264 g/mol. The van der Waals surface area contributed by atoms with Crippen molar-refractivity contribution in [1.29, 1.82) is 0 Å². The summed E-state index contributed by atoms with van der Waals surface area (Å²) in [5, 5.41) is 0. The summed E-state index contributed by atoms with van der Waals surface area (Å²) >= 11 is 0. The van der Waals surface area contributed by atoms with Crippen molar-refractivity contribution in [1.82, 2.24) is 0 Å². The molecule has 4 nitrogen and oxygen atoms in total. The first kappa shape index (κ1) is 13.7. The van der Waals surface area contributed by atoms with Crippen LogP contribution in [0.1, 0.15) is 13.3 Å². The van der Waals surface area contributed by atoms with E-state index in [9.17, 15) is 8.42 Å². The van der Waals surface area contributed by atoms with Gasteiger partial charge in [-0.05, 0) is 31.2 Å². The summed E-state index contributed by atoms with van der Waals surface area (Å²) in [5.41, 5.74) is 0. The second-order valence-electron chi connectivity index (χ2n) is 4.25. The molecular formula is C14H16O4S. The first-order valence-corrected chi connectivity index (χ1v) is 7.35. The molecule has 1 aromatic rings. The van der Waals surface area contributed by atoms with Gasteiger partial charge in [0.2, 0.25) is 9.84 Å². The predicted molar refractivity (Wildman–Crippen MR) is 72.6 cm³/mol. The Morgan fingerprint density at radius 3 is 2.47 bits per heavy atom. The van der Waals surface area contributed by atoms with Crippen LogP contribution in [0.3, 0.4) is 0 Å². The molecule has 2 rings (SSSR count). The van der Waals surface area contributed by atoms with Crippen molar-refractivity contribution in [3.8, 4) is 5.75 Å². The Hall–Kier alpha value is -1.75. The van der Waals surface area contributed by atoms with Gasteiger partial charge >= 0.3 is 0 Å². The molecule has 0 saturated carbocycles. The molecule has 1 atom stereocenters. The van der Waals surface area contributed by atoms with Crippen molar-refractivity contribution in [2.45, 2.75) is 24.3 Å². The average Bonchev–Trinajstić information content (AvgIpc) is 2.81. The van der Waals surface area contributed by atoms with Crippen molar-refractivity contribution < 1.29 is 17.9 Å². The van der Waals surface area contributed by atoms with Gasteiger partial charge in [0.25, 0.3) is 0 Å². The average molecular weight is 280 g/mol. The SMILES string of the molecule is C=CC1CC(S(=O)(=O)c2ccc(OC)cc2)=C(C)O1. The lowest BCUT2D eigenvalue weighted by Gasteiger charge is -2.06. The van der Waals surface area contributed by atoms with E-state index in [4.69, 9.17) is 9.47 Å². The topological polar surface area (TPSA) is 52.6 Å². The highest BCUT2D eigenvalue weighted by Gasteiger charge is 2.31. The van der Waals surface area contributed by atoms with Crippen LogP contribution in [0, 0.1) is 0 Å². The van der Waals surface area contributed by atoms with E-state index in [0.717, 1.165) is 0 Å². The van der Waals surface area contributed by atoms with Crippen molar-refractivity contribution in [3.05, 3.63) is 47.6 Å². The number of allylic oxidation sites excluding steroid dienone is 1. The first-order valence-electron chi connectivity index (χ1n) is 5.87. The molecule has 0 radical (unpaired) electrons. The van der Waals surface area contributed by atoms with Crippen LogP contribution in [0.25, 0.3) is 0 Å². The summed E-state index contributed by atoms with van der Waals surface area (Å²) < 4.78 is 35.4. The van der Waals surface area contributed by atoms with Crippen LogP contribution in [0.5, 0.6) is 5.75 Å². The molecule has 0 aromatic heterocycles. The third kappa shape index (κ3) is 2.51. The highest BCUT2D eigenvalue weighted by atomic mass is 32.2. The molecule has 0 saturated heterocycles. The fraction of sp³-hybridized carbons (Fsp3) is 0.286. The van der Waals surface area contributed by atoms with Gasteiger partial charge < -0.3 is 9.47 Å². The lowest BCUT2D eigenvalue weighted by atomic mass is 10.3. The van der Waals surface area contributed by atoms with Crippen LogP contribution in [-0.4, -0.2) is 21.6 Å². The van der Waals surface area contributed by atoms with E-state index >= 15 is 0 Å². The summed E-state index contributed by atoms with van der Waals surface area (Å²) in [6.45, 7) is 5.29. The van der Waals surface area contributed by atoms with E-state index in [1.165, 1.54) is 19.2 Å². The molecule has 1 aromatic carbocycles. The highest BCUT2D eigenvalue weighted by Crippen LogP contribution is 2.33. The van der Waals surface area contributed by atoms with Gasteiger partial charge in [-0.25, -0.2) is 8.42 Å². The number of benzene rings is 1. The smallest absolute Gasteiger partial charge is 0.206 e. The maximum absolute atomic E-state index is 12.5. The zero-order valence-electron chi connectivity index (χ0n) is 10.9. The van der Waals surface area contributed by atoms with E-state index in [1.54, 1.807) is 25.1 Å². The minimum Gasteiger partial charge on any atom is -0.497 e. The van der Waals surface area contributed by atoms with Crippen LogP contribution < -0.4 is 4.74 Å². The molecule has 1 aliphatic rings. The lowest BCUT2D eigenvalue weighted by molar-refractivity contribution is 0.185. The van der Waals surface area contributed by atoms with Crippen LogP contribution in [0.2, 0.25) is 0 Å². The van der Waals surface area contributed by atoms with Crippen LogP contribution in [-0.2, 0) is 14.6 Å². The quantitative estimate of drug-likeness (QED) is 0.796. The third-order valence-corrected chi connectivity index (χ3v) is 5.06. The van der Waals surface area contributed by atoms with Gasteiger partial charge in [0, 0.05) is 6.42 Å². The van der Waals surface area contributed by atoms with Gasteiger partial charge in [0.05, 0.1) is 16.9 Å². The van der Waals surface area contributed by atoms with Gasteiger partial charge in [-0.2, -0.15) is 0 Å². The summed E-state index contributed by atoms with van der Waals surface area (Å²) in [5.74, 6) is 1.07. The molecule has 1 heterocycles. The van der Waals surface area contributed by atoms with Crippen molar-refractivity contribution in [2.75, 3.05) is 7.11 Å². The molecule has 0 bridgehead atoms. The van der Waals surface area contributed by atoms with E-state index in [1.807, 2.05) is 0 Å². The molecule has 0 amide bonds. The summed E-state index contributed by atoms with van der Waals surface area (Å²) in [7, 11) is -1.97. The maximum Gasteiger partial charge on any atom is 0.206 e. The highest BCUT2D eigenvalue weighted by molar-refractivity contribution is 7.95. The zero-order chi connectivity index (χ0) is 14.0. The number of hydrogen-bond acceptors (Lipinski definition) is 4. The molecule has 0 spiro atoms. The normalized spacial score (nSPS) is 19.2. The second kappa shape index (κ2) is 5.09. The van der Waals surface area contributed by atoms with E-state index in [2.05, 4.69) is 6.58 Å². The van der Waals surface area contributed by atoms with Gasteiger partial charge in [0.15, 0.2) is 0 Å². The molecule has 0 aliphatic carbocycles. The summed E-state index contributed by atoms with van der Waals surface area (Å²) in [6.07, 6.45) is 1.69. The van der Waals surface area contributed by atoms with Gasteiger partial charge in [-0.15, -0.1) is 0 Å². The van der Waals surface area contributed by atoms with Crippen molar-refractivity contribution >= 4 is 9.84 Å². The lowest BCUT2D eigenvalue weighted by Crippen LogP contribution is -2.06. The fourth-order valence-electron chi connectivity index (χ4n) is 1.99. The number of rotatable bonds is 4. The second-order valence-corrected chi connectivity index (χ2v) is 6.23. The number of hydrogen-bond donors (Lipinski definition) is 0. The molecule has 5 heteroatoms. The fourth-order valence-corrected chi connectivity index (χ4v) is 3.58.